The van der Waals surface area contributed by atoms with Crippen molar-refractivity contribution < 1.29 is 18.1 Å². The first-order valence-corrected chi connectivity index (χ1v) is 11.6. The van der Waals surface area contributed by atoms with Crippen LogP contribution in [0, 0.1) is 0 Å². The molecule has 1 aliphatic rings. The van der Waals surface area contributed by atoms with E-state index in [-0.39, 0.29) is 5.91 Å². The van der Waals surface area contributed by atoms with Crippen LogP contribution in [-0.2, 0) is 14.8 Å². The van der Waals surface area contributed by atoms with Crippen LogP contribution in [0.25, 0.3) is 0 Å². The molecule has 0 unspecified atom stereocenters. The number of quaternary nitrogens is 1. The summed E-state index contributed by atoms with van der Waals surface area (Å²) < 4.78 is 26.9. The number of carbonyl (C=O) groups is 1. The molecule has 0 saturated carbocycles. The number of amides is 1. The van der Waals surface area contributed by atoms with Crippen molar-refractivity contribution in [3.8, 4) is 0 Å². The minimum atomic E-state index is -3.46. The Kier molecular flexibility index (Phi) is 7.05. The number of anilines is 1. The zero-order valence-electron chi connectivity index (χ0n) is 17.1. The van der Waals surface area contributed by atoms with Crippen molar-refractivity contribution in [2.24, 2.45) is 0 Å². The number of benzene rings is 2. The number of rotatable bonds is 7. The van der Waals surface area contributed by atoms with E-state index in [1.807, 2.05) is 12.1 Å². The highest BCUT2D eigenvalue weighted by Gasteiger charge is 2.30. The van der Waals surface area contributed by atoms with Gasteiger partial charge in [0.1, 0.15) is 0 Å². The molecule has 0 aromatic heterocycles. The molecule has 7 heteroatoms. The molecule has 1 aliphatic heterocycles. The van der Waals surface area contributed by atoms with Gasteiger partial charge in [-0.3, -0.25) is 4.79 Å². The maximum absolute atomic E-state index is 12.7. The lowest BCUT2D eigenvalue weighted by atomic mass is 9.99. The summed E-state index contributed by atoms with van der Waals surface area (Å²) in [6.45, 7) is 6.76. The average molecular weight is 417 g/mol. The Morgan fingerprint density at radius 2 is 1.69 bits per heavy atom. The van der Waals surface area contributed by atoms with Crippen LogP contribution in [0.1, 0.15) is 31.7 Å². The van der Waals surface area contributed by atoms with Crippen molar-refractivity contribution in [1.82, 2.24) is 4.31 Å². The van der Waals surface area contributed by atoms with Gasteiger partial charge in [-0.15, -0.1) is 0 Å². The molecule has 2 aromatic carbocycles. The summed E-state index contributed by atoms with van der Waals surface area (Å²) in [5.74, 6) is 0.461. The van der Waals surface area contributed by atoms with E-state index in [0.717, 1.165) is 17.0 Å². The lowest BCUT2D eigenvalue weighted by Gasteiger charge is -2.31. The quantitative estimate of drug-likeness (QED) is 0.722. The Bertz CT molecular complexity index is 906. The average Bonchev–Trinajstić information content (AvgIpc) is 2.74. The second-order valence-corrected chi connectivity index (χ2v) is 9.56. The van der Waals surface area contributed by atoms with Crippen molar-refractivity contribution in [2.45, 2.75) is 31.1 Å². The zero-order chi connectivity index (χ0) is 20.9. The van der Waals surface area contributed by atoms with Gasteiger partial charge < -0.3 is 10.2 Å². The van der Waals surface area contributed by atoms with Gasteiger partial charge >= 0.3 is 0 Å². The Morgan fingerprint density at radius 1 is 1.07 bits per heavy atom. The molecular formula is C22H30N3O3S+. The Balaban J connectivity index is 1.50. The highest BCUT2D eigenvalue weighted by atomic mass is 32.2. The minimum absolute atomic E-state index is 0.0457. The van der Waals surface area contributed by atoms with Crippen LogP contribution in [0.5, 0.6) is 0 Å². The predicted molar refractivity (Wildman–Crippen MR) is 115 cm³/mol. The molecular weight excluding hydrogens is 386 g/mol. The molecule has 1 atom stereocenters. The Morgan fingerprint density at radius 3 is 2.28 bits per heavy atom. The van der Waals surface area contributed by atoms with Crippen LogP contribution in [-0.4, -0.2) is 51.4 Å². The molecule has 1 saturated heterocycles. The van der Waals surface area contributed by atoms with Gasteiger partial charge in [0.2, 0.25) is 10.0 Å². The van der Waals surface area contributed by atoms with Crippen molar-refractivity contribution in [3.05, 3.63) is 60.2 Å². The van der Waals surface area contributed by atoms with Crippen molar-refractivity contribution in [2.75, 3.05) is 38.0 Å². The highest BCUT2D eigenvalue weighted by Crippen LogP contribution is 2.20. The standard InChI is InChI=1S/C22H29N3O3S/c1-3-18(2)19-9-11-20(12-10-19)23-22(26)17-24-13-15-25(16-14-24)29(27,28)21-7-5-4-6-8-21/h4-12,18H,3,13-17H2,1-2H3,(H,23,26)/p+1/t18-/m0/s1. The normalized spacial score (nSPS) is 17.0. The summed E-state index contributed by atoms with van der Waals surface area (Å²) in [4.78, 5) is 13.8. The number of hydrogen-bond acceptors (Lipinski definition) is 3. The summed E-state index contributed by atoms with van der Waals surface area (Å²) in [6, 6.07) is 16.5. The fourth-order valence-corrected chi connectivity index (χ4v) is 4.99. The molecule has 3 rings (SSSR count). The number of piperazine rings is 1. The topological polar surface area (TPSA) is 70.9 Å². The van der Waals surface area contributed by atoms with E-state index >= 15 is 0 Å². The Hall–Kier alpha value is -2.22. The summed E-state index contributed by atoms with van der Waals surface area (Å²) >= 11 is 0. The van der Waals surface area contributed by atoms with Gasteiger partial charge in [0, 0.05) is 5.69 Å². The minimum Gasteiger partial charge on any atom is -0.325 e. The molecule has 1 amide bonds. The molecule has 2 N–H and O–H groups in total. The van der Waals surface area contributed by atoms with E-state index in [2.05, 4.69) is 31.3 Å². The lowest BCUT2D eigenvalue weighted by Crippen LogP contribution is -3.15. The monoisotopic (exact) mass is 416 g/mol. The van der Waals surface area contributed by atoms with E-state index in [4.69, 9.17) is 0 Å². The van der Waals surface area contributed by atoms with Gasteiger partial charge in [-0.25, -0.2) is 8.42 Å². The van der Waals surface area contributed by atoms with Crippen LogP contribution in [0.15, 0.2) is 59.5 Å². The first-order chi connectivity index (χ1) is 13.9. The van der Waals surface area contributed by atoms with E-state index < -0.39 is 10.0 Å². The molecule has 0 aliphatic carbocycles. The molecule has 0 bridgehead atoms. The summed E-state index contributed by atoms with van der Waals surface area (Å²) in [5, 5.41) is 2.95. The molecule has 156 valence electrons. The van der Waals surface area contributed by atoms with Crippen LogP contribution in [0.4, 0.5) is 5.69 Å². The maximum atomic E-state index is 12.7. The smallest absolute Gasteiger partial charge is 0.279 e. The number of sulfonamides is 1. The molecule has 0 radical (unpaired) electrons. The number of nitrogens with zero attached hydrogens (tertiary/aromatic N) is 1. The van der Waals surface area contributed by atoms with Gasteiger partial charge in [0.05, 0.1) is 31.1 Å². The SMILES string of the molecule is CC[C@H](C)c1ccc(NC(=O)C[NH+]2CCN(S(=O)(=O)c3ccccc3)CC2)cc1. The summed E-state index contributed by atoms with van der Waals surface area (Å²) in [5.41, 5.74) is 2.07. The van der Waals surface area contributed by atoms with Gasteiger partial charge in [0.15, 0.2) is 6.54 Å². The summed E-state index contributed by atoms with van der Waals surface area (Å²) in [7, 11) is -3.46. The van der Waals surface area contributed by atoms with Gasteiger partial charge in [0.25, 0.3) is 5.91 Å². The van der Waals surface area contributed by atoms with E-state index in [1.54, 1.807) is 30.3 Å². The lowest BCUT2D eigenvalue weighted by molar-refractivity contribution is -0.895. The summed E-state index contributed by atoms with van der Waals surface area (Å²) in [6.07, 6.45) is 1.08. The van der Waals surface area contributed by atoms with Gasteiger partial charge in [-0.05, 0) is 42.2 Å². The largest absolute Gasteiger partial charge is 0.325 e. The number of nitrogens with one attached hydrogen (secondary N) is 2. The molecule has 6 nitrogen and oxygen atoms in total. The second kappa shape index (κ2) is 9.52. The van der Waals surface area contributed by atoms with E-state index in [9.17, 15) is 13.2 Å². The first kappa shape index (κ1) is 21.5. The second-order valence-electron chi connectivity index (χ2n) is 7.62. The van der Waals surface area contributed by atoms with Crippen molar-refractivity contribution in [3.63, 3.8) is 0 Å². The third-order valence-electron chi connectivity index (χ3n) is 5.60. The van der Waals surface area contributed by atoms with Crippen molar-refractivity contribution >= 4 is 21.6 Å². The third-order valence-corrected chi connectivity index (χ3v) is 7.51. The fourth-order valence-electron chi connectivity index (χ4n) is 3.52. The molecule has 1 heterocycles. The third kappa shape index (κ3) is 5.44. The number of hydrogen-bond donors (Lipinski definition) is 2. The zero-order valence-corrected chi connectivity index (χ0v) is 17.9. The van der Waals surface area contributed by atoms with Gasteiger partial charge in [-0.2, -0.15) is 4.31 Å². The van der Waals surface area contributed by atoms with Crippen LogP contribution in [0.3, 0.4) is 0 Å². The molecule has 29 heavy (non-hydrogen) atoms. The van der Waals surface area contributed by atoms with Crippen LogP contribution >= 0.6 is 0 Å². The number of carbonyl (C=O) groups excluding carboxylic acids is 1. The van der Waals surface area contributed by atoms with Crippen LogP contribution < -0.4 is 10.2 Å². The Labute approximate surface area is 173 Å². The molecule has 0 spiro atoms. The van der Waals surface area contributed by atoms with Gasteiger partial charge in [-0.1, -0.05) is 44.2 Å². The molecule has 2 aromatic rings. The highest BCUT2D eigenvalue weighted by molar-refractivity contribution is 7.89. The molecule has 1 fully saturated rings. The first-order valence-electron chi connectivity index (χ1n) is 10.2. The maximum Gasteiger partial charge on any atom is 0.279 e. The fraction of sp³-hybridized carbons (Fsp3) is 0.409. The predicted octanol–water partition coefficient (Wildman–Crippen LogP) is 1.73. The van der Waals surface area contributed by atoms with Crippen LogP contribution in [0.2, 0.25) is 0 Å². The van der Waals surface area contributed by atoms with E-state index in [1.165, 1.54) is 9.87 Å². The van der Waals surface area contributed by atoms with E-state index in [0.29, 0.717) is 43.5 Å². The van der Waals surface area contributed by atoms with Crippen molar-refractivity contribution in [1.29, 1.82) is 0 Å².